The molecule has 0 fully saturated rings. The van der Waals surface area contributed by atoms with Crippen LogP contribution in [0.3, 0.4) is 0 Å². The number of ether oxygens (including phenoxy) is 1. The van der Waals surface area contributed by atoms with Crippen molar-refractivity contribution in [2.75, 3.05) is 25.1 Å². The molecule has 0 radical (unpaired) electrons. The molecule has 0 unspecified atom stereocenters. The summed E-state index contributed by atoms with van der Waals surface area (Å²) in [4.78, 5) is 25.8. The van der Waals surface area contributed by atoms with Crippen molar-refractivity contribution in [3.8, 4) is 5.75 Å². The van der Waals surface area contributed by atoms with E-state index in [9.17, 15) is 9.59 Å². The summed E-state index contributed by atoms with van der Waals surface area (Å²) < 4.78 is 6.03. The van der Waals surface area contributed by atoms with Crippen LogP contribution in [0.25, 0.3) is 0 Å². The van der Waals surface area contributed by atoms with Crippen LogP contribution in [0.5, 0.6) is 5.75 Å². The maximum Gasteiger partial charge on any atom is 0.252 e. The summed E-state index contributed by atoms with van der Waals surface area (Å²) in [5, 5.41) is 2.83. The summed E-state index contributed by atoms with van der Waals surface area (Å²) in [7, 11) is 1.56. The van der Waals surface area contributed by atoms with E-state index in [4.69, 9.17) is 4.74 Å². The van der Waals surface area contributed by atoms with Gasteiger partial charge in [0.25, 0.3) is 5.91 Å². The zero-order valence-corrected chi connectivity index (χ0v) is 15.2. The van der Waals surface area contributed by atoms with E-state index in [1.165, 1.54) is 6.92 Å². The molecule has 0 atom stereocenters. The van der Waals surface area contributed by atoms with Crippen LogP contribution in [-0.2, 0) is 4.79 Å². The summed E-state index contributed by atoms with van der Waals surface area (Å²) in [6.07, 6.45) is 0. The summed E-state index contributed by atoms with van der Waals surface area (Å²) in [5.41, 5.74) is 1.24. The standard InChI is InChI=1S/C18H19BrN2O3/c1-13(22)21(16-9-5-6-10-17(16)24-2)12-11-20-18(23)14-7-3-4-8-15(14)19/h3-10H,11-12H2,1-2H3,(H,20,23). The summed E-state index contributed by atoms with van der Waals surface area (Å²) in [5.74, 6) is 0.311. The number of benzene rings is 2. The molecule has 0 aromatic heterocycles. The molecule has 126 valence electrons. The molecule has 0 spiro atoms. The van der Waals surface area contributed by atoms with Crippen LogP contribution in [0.15, 0.2) is 53.0 Å². The first-order chi connectivity index (χ1) is 11.5. The Labute approximate surface area is 149 Å². The highest BCUT2D eigenvalue weighted by atomic mass is 79.9. The average Bonchev–Trinajstić information content (AvgIpc) is 2.58. The van der Waals surface area contributed by atoms with E-state index in [-0.39, 0.29) is 11.8 Å². The Morgan fingerprint density at radius 1 is 1.12 bits per heavy atom. The first-order valence-electron chi connectivity index (χ1n) is 7.48. The Kier molecular flexibility index (Phi) is 6.37. The van der Waals surface area contributed by atoms with Crippen molar-refractivity contribution in [1.82, 2.24) is 5.32 Å². The zero-order chi connectivity index (χ0) is 17.5. The highest BCUT2D eigenvalue weighted by molar-refractivity contribution is 9.10. The van der Waals surface area contributed by atoms with Crippen molar-refractivity contribution in [2.24, 2.45) is 0 Å². The van der Waals surface area contributed by atoms with E-state index < -0.39 is 0 Å². The molecule has 0 aliphatic rings. The van der Waals surface area contributed by atoms with Gasteiger partial charge in [-0.15, -0.1) is 0 Å². The van der Waals surface area contributed by atoms with E-state index in [2.05, 4.69) is 21.2 Å². The Bertz CT molecular complexity index is 734. The fraction of sp³-hybridized carbons (Fsp3) is 0.222. The minimum atomic E-state index is -0.189. The first kappa shape index (κ1) is 18.0. The molecule has 5 nitrogen and oxygen atoms in total. The third kappa shape index (κ3) is 4.35. The SMILES string of the molecule is COc1ccccc1N(CCNC(=O)c1ccccc1Br)C(C)=O. The lowest BCUT2D eigenvalue weighted by Gasteiger charge is -2.23. The lowest BCUT2D eigenvalue weighted by atomic mass is 10.2. The molecule has 0 saturated heterocycles. The van der Waals surface area contributed by atoms with Gasteiger partial charge in [-0.25, -0.2) is 0 Å². The van der Waals surface area contributed by atoms with Crippen LogP contribution < -0.4 is 15.0 Å². The molecule has 0 bridgehead atoms. The second-order valence-corrected chi connectivity index (χ2v) is 5.93. The minimum Gasteiger partial charge on any atom is -0.495 e. The highest BCUT2D eigenvalue weighted by Gasteiger charge is 2.16. The first-order valence-corrected chi connectivity index (χ1v) is 8.27. The summed E-state index contributed by atoms with van der Waals surface area (Å²) in [6, 6.07) is 14.5. The fourth-order valence-corrected chi connectivity index (χ4v) is 2.79. The number of carbonyl (C=O) groups excluding carboxylic acids is 2. The van der Waals surface area contributed by atoms with E-state index >= 15 is 0 Å². The molecule has 2 aromatic rings. The molecule has 0 saturated carbocycles. The van der Waals surface area contributed by atoms with Crippen molar-refractivity contribution < 1.29 is 14.3 Å². The number of rotatable bonds is 6. The van der Waals surface area contributed by atoms with Crippen molar-refractivity contribution in [1.29, 1.82) is 0 Å². The molecular formula is C18H19BrN2O3. The third-order valence-corrected chi connectivity index (χ3v) is 4.19. The van der Waals surface area contributed by atoms with Gasteiger partial charge in [-0.1, -0.05) is 24.3 Å². The summed E-state index contributed by atoms with van der Waals surface area (Å²) >= 11 is 3.35. The number of para-hydroxylation sites is 2. The van der Waals surface area contributed by atoms with Crippen LogP contribution in [0.2, 0.25) is 0 Å². The quantitative estimate of drug-likeness (QED) is 0.823. The van der Waals surface area contributed by atoms with Gasteiger partial charge in [0.15, 0.2) is 0 Å². The van der Waals surface area contributed by atoms with Crippen molar-refractivity contribution in [3.05, 3.63) is 58.6 Å². The van der Waals surface area contributed by atoms with Crippen LogP contribution in [0.1, 0.15) is 17.3 Å². The second-order valence-electron chi connectivity index (χ2n) is 5.08. The number of halogens is 1. The highest BCUT2D eigenvalue weighted by Crippen LogP contribution is 2.27. The van der Waals surface area contributed by atoms with Crippen molar-refractivity contribution in [3.63, 3.8) is 0 Å². The number of anilines is 1. The topological polar surface area (TPSA) is 58.6 Å². The maximum atomic E-state index is 12.2. The van der Waals surface area contributed by atoms with Gasteiger partial charge in [0, 0.05) is 24.5 Å². The predicted molar refractivity (Wildman–Crippen MR) is 97.5 cm³/mol. The van der Waals surface area contributed by atoms with Crippen LogP contribution in [-0.4, -0.2) is 32.0 Å². The Hall–Kier alpha value is -2.34. The van der Waals surface area contributed by atoms with Gasteiger partial charge < -0.3 is 15.0 Å². The number of methoxy groups -OCH3 is 1. The lowest BCUT2D eigenvalue weighted by Crippen LogP contribution is -2.37. The number of amides is 2. The second kappa shape index (κ2) is 8.49. The third-order valence-electron chi connectivity index (χ3n) is 3.50. The monoisotopic (exact) mass is 390 g/mol. The Balaban J connectivity index is 2.04. The van der Waals surface area contributed by atoms with Gasteiger partial charge in [0.05, 0.1) is 18.4 Å². The van der Waals surface area contributed by atoms with Crippen molar-refractivity contribution in [2.45, 2.75) is 6.92 Å². The lowest BCUT2D eigenvalue weighted by molar-refractivity contribution is -0.116. The van der Waals surface area contributed by atoms with E-state index in [1.807, 2.05) is 30.3 Å². The van der Waals surface area contributed by atoms with Gasteiger partial charge in [-0.2, -0.15) is 0 Å². The Morgan fingerprint density at radius 2 is 1.79 bits per heavy atom. The number of hydrogen-bond donors (Lipinski definition) is 1. The molecule has 0 heterocycles. The molecule has 0 aliphatic carbocycles. The van der Waals surface area contributed by atoms with Crippen molar-refractivity contribution >= 4 is 33.4 Å². The van der Waals surface area contributed by atoms with Gasteiger partial charge in [-0.05, 0) is 40.2 Å². The smallest absolute Gasteiger partial charge is 0.252 e. The maximum absolute atomic E-state index is 12.2. The van der Waals surface area contributed by atoms with E-state index in [1.54, 1.807) is 30.2 Å². The molecule has 0 aliphatic heterocycles. The number of nitrogens with one attached hydrogen (secondary N) is 1. The molecule has 1 N–H and O–H groups in total. The molecule has 2 rings (SSSR count). The van der Waals surface area contributed by atoms with Crippen LogP contribution >= 0.6 is 15.9 Å². The molecule has 6 heteroatoms. The predicted octanol–water partition coefficient (Wildman–Crippen LogP) is 3.24. The fourth-order valence-electron chi connectivity index (χ4n) is 2.32. The largest absolute Gasteiger partial charge is 0.495 e. The average molecular weight is 391 g/mol. The van der Waals surface area contributed by atoms with Gasteiger partial charge in [-0.3, -0.25) is 9.59 Å². The van der Waals surface area contributed by atoms with Gasteiger partial charge in [0.2, 0.25) is 5.91 Å². The normalized spacial score (nSPS) is 10.1. The number of hydrogen-bond acceptors (Lipinski definition) is 3. The van der Waals surface area contributed by atoms with Crippen LogP contribution in [0.4, 0.5) is 5.69 Å². The molecule has 24 heavy (non-hydrogen) atoms. The van der Waals surface area contributed by atoms with E-state index in [0.717, 1.165) is 4.47 Å². The van der Waals surface area contributed by atoms with E-state index in [0.29, 0.717) is 30.1 Å². The minimum absolute atomic E-state index is 0.116. The zero-order valence-electron chi connectivity index (χ0n) is 13.6. The van der Waals surface area contributed by atoms with Gasteiger partial charge in [0.1, 0.15) is 5.75 Å². The Morgan fingerprint density at radius 3 is 2.46 bits per heavy atom. The summed E-state index contributed by atoms with van der Waals surface area (Å²) in [6.45, 7) is 2.17. The molecule has 2 amide bonds. The van der Waals surface area contributed by atoms with Gasteiger partial charge >= 0.3 is 0 Å². The molecular weight excluding hydrogens is 372 g/mol. The number of nitrogens with zero attached hydrogens (tertiary/aromatic N) is 1. The van der Waals surface area contributed by atoms with Crippen LogP contribution in [0, 0.1) is 0 Å². The number of carbonyl (C=O) groups is 2. The molecule has 2 aromatic carbocycles.